The van der Waals surface area contributed by atoms with E-state index >= 15 is 0 Å². The van der Waals surface area contributed by atoms with Crippen LogP contribution in [0.5, 0.6) is 23.0 Å². The Balaban J connectivity index is 1.04. The molecule has 4 aliphatic heterocycles. The zero-order valence-electron chi connectivity index (χ0n) is 41.3. The molecule has 69 heavy (non-hydrogen) atoms. The largest absolute Gasteiger partial charge is 0.493 e. The third-order valence-electron chi connectivity index (χ3n) is 14.5. The topological polar surface area (TPSA) is 146 Å². The number of benzene rings is 3. The van der Waals surface area contributed by atoms with Crippen molar-refractivity contribution in [2.75, 3.05) is 63.5 Å². The van der Waals surface area contributed by atoms with Crippen LogP contribution in [0.3, 0.4) is 0 Å². The van der Waals surface area contributed by atoms with Gasteiger partial charge in [0.2, 0.25) is 0 Å². The monoisotopic (exact) mass is 962 g/mol. The number of hydrogen-bond donors (Lipinski definition) is 0. The highest BCUT2D eigenvalue weighted by atomic mass is 28.4. The van der Waals surface area contributed by atoms with Crippen LogP contribution in [0, 0.1) is 5.41 Å². The number of amides is 4. The van der Waals surface area contributed by atoms with E-state index in [2.05, 4.69) is 78.2 Å². The fraction of sp³-hybridized carbons (Fsp3) is 0.472. The first kappa shape index (κ1) is 49.2. The van der Waals surface area contributed by atoms with Gasteiger partial charge in [0.25, 0.3) is 11.8 Å². The molecule has 8 rings (SSSR count). The molecule has 1 aliphatic carbocycles. The van der Waals surface area contributed by atoms with Crippen molar-refractivity contribution >= 4 is 49.3 Å². The Hall–Kier alpha value is -6.26. The SMILES string of the molecule is C=CCOC(=O)N1C[C@@H]2CC(c3ccc(CC)cc3)=CN2C(=O)c2cc(OC)c(OCCCOc3cc4c(cc3OC)C(=O)N3CC5(CC5)C[C@H]3C(O[Si](C)(C)C(C)(C)C)N4C(=O)OCC=C)cc21. The number of ether oxygens (including phenoxy) is 6. The van der Waals surface area contributed by atoms with Gasteiger partial charge in [-0.15, -0.1) is 0 Å². The Morgan fingerprint density at radius 3 is 1.99 bits per heavy atom. The van der Waals surface area contributed by atoms with Gasteiger partial charge < -0.3 is 42.6 Å². The normalized spacial score (nSPS) is 20.2. The molecule has 0 bridgehead atoms. The van der Waals surface area contributed by atoms with Gasteiger partial charge in [0.15, 0.2) is 37.5 Å². The van der Waals surface area contributed by atoms with Crippen molar-refractivity contribution in [3.63, 3.8) is 0 Å². The lowest BCUT2D eigenvalue weighted by Crippen LogP contribution is -2.58. The molecule has 15 nitrogen and oxygen atoms in total. The number of nitrogens with zero attached hydrogens (tertiary/aromatic N) is 4. The molecular formula is C53H66N4O11Si. The van der Waals surface area contributed by atoms with Gasteiger partial charge in [-0.2, -0.15) is 0 Å². The summed E-state index contributed by atoms with van der Waals surface area (Å²) in [6.45, 7) is 21.3. The third-order valence-corrected chi connectivity index (χ3v) is 19.0. The molecule has 0 radical (unpaired) electrons. The van der Waals surface area contributed by atoms with Crippen molar-refractivity contribution in [1.82, 2.24) is 9.80 Å². The van der Waals surface area contributed by atoms with Crippen molar-refractivity contribution < 1.29 is 52.0 Å². The van der Waals surface area contributed by atoms with Crippen molar-refractivity contribution in [3.8, 4) is 23.0 Å². The van der Waals surface area contributed by atoms with Crippen LogP contribution >= 0.6 is 0 Å². The maximum Gasteiger partial charge on any atom is 0.416 e. The molecule has 5 aliphatic rings. The Morgan fingerprint density at radius 2 is 1.42 bits per heavy atom. The zero-order chi connectivity index (χ0) is 49.4. The van der Waals surface area contributed by atoms with Gasteiger partial charge in [-0.05, 0) is 84.5 Å². The number of rotatable bonds is 16. The molecular weight excluding hydrogens is 897 g/mol. The quantitative estimate of drug-likeness (QED) is 0.0768. The fourth-order valence-corrected chi connectivity index (χ4v) is 10.7. The van der Waals surface area contributed by atoms with Gasteiger partial charge in [-0.1, -0.05) is 77.3 Å². The highest BCUT2D eigenvalue weighted by Gasteiger charge is 2.59. The lowest BCUT2D eigenvalue weighted by Gasteiger charge is -2.44. The van der Waals surface area contributed by atoms with Crippen molar-refractivity contribution in [2.45, 2.75) is 103 Å². The Morgan fingerprint density at radius 1 is 0.826 bits per heavy atom. The summed E-state index contributed by atoms with van der Waals surface area (Å²) in [6.07, 6.45) is 7.38. The smallest absolute Gasteiger partial charge is 0.416 e. The Kier molecular flexibility index (Phi) is 14.0. The molecule has 368 valence electrons. The molecule has 2 fully saturated rings. The van der Waals surface area contributed by atoms with Crippen LogP contribution in [-0.2, 0) is 20.3 Å². The molecule has 16 heteroatoms. The van der Waals surface area contributed by atoms with Gasteiger partial charge in [0.1, 0.15) is 13.2 Å². The molecule has 4 amide bonds. The Bertz CT molecular complexity index is 2530. The van der Waals surface area contributed by atoms with E-state index in [1.54, 1.807) is 29.2 Å². The van der Waals surface area contributed by atoms with Gasteiger partial charge in [0.05, 0.1) is 68.6 Å². The first-order valence-electron chi connectivity index (χ1n) is 23.9. The average molecular weight is 963 g/mol. The first-order valence-corrected chi connectivity index (χ1v) is 26.8. The summed E-state index contributed by atoms with van der Waals surface area (Å²) in [4.78, 5) is 63.7. The molecule has 4 heterocycles. The summed E-state index contributed by atoms with van der Waals surface area (Å²) in [5.74, 6) is 0.770. The van der Waals surface area contributed by atoms with Crippen LogP contribution in [0.2, 0.25) is 18.1 Å². The number of anilines is 2. The van der Waals surface area contributed by atoms with Crippen LogP contribution in [0.15, 0.2) is 80.0 Å². The number of carbonyl (C=O) groups excluding carboxylic acids is 4. The number of methoxy groups -OCH3 is 2. The van der Waals surface area contributed by atoms with Gasteiger partial charge in [0, 0.05) is 31.3 Å². The molecule has 3 aromatic rings. The molecule has 0 N–H and O–H groups in total. The second-order valence-corrected chi connectivity index (χ2v) is 24.8. The highest BCUT2D eigenvalue weighted by Crippen LogP contribution is 2.58. The number of hydrogen-bond acceptors (Lipinski definition) is 11. The van der Waals surface area contributed by atoms with Crippen LogP contribution < -0.4 is 28.7 Å². The summed E-state index contributed by atoms with van der Waals surface area (Å²) in [6, 6.07) is 14.1. The van der Waals surface area contributed by atoms with Crippen LogP contribution in [0.1, 0.15) is 91.6 Å². The molecule has 1 saturated heterocycles. The van der Waals surface area contributed by atoms with Crippen molar-refractivity contribution in [2.24, 2.45) is 5.41 Å². The first-order chi connectivity index (χ1) is 33.0. The summed E-state index contributed by atoms with van der Waals surface area (Å²) < 4.78 is 42.8. The minimum absolute atomic E-state index is 0.00654. The van der Waals surface area contributed by atoms with E-state index in [0.717, 1.165) is 30.4 Å². The van der Waals surface area contributed by atoms with E-state index in [4.69, 9.17) is 32.8 Å². The van der Waals surface area contributed by atoms with Crippen LogP contribution in [0.4, 0.5) is 21.0 Å². The predicted molar refractivity (Wildman–Crippen MR) is 266 cm³/mol. The molecule has 3 atom stereocenters. The summed E-state index contributed by atoms with van der Waals surface area (Å²) in [5.41, 5.74) is 4.45. The summed E-state index contributed by atoms with van der Waals surface area (Å²) >= 11 is 0. The second kappa shape index (κ2) is 19.6. The maximum absolute atomic E-state index is 14.7. The molecule has 3 aromatic carbocycles. The third kappa shape index (κ3) is 9.70. The zero-order valence-corrected chi connectivity index (χ0v) is 42.3. The summed E-state index contributed by atoms with van der Waals surface area (Å²) in [7, 11) is 0.453. The van der Waals surface area contributed by atoms with Gasteiger partial charge in [-0.25, -0.2) is 14.5 Å². The van der Waals surface area contributed by atoms with Crippen molar-refractivity contribution in [1.29, 1.82) is 0 Å². The van der Waals surface area contributed by atoms with E-state index < -0.39 is 32.8 Å². The van der Waals surface area contributed by atoms with E-state index in [1.807, 2.05) is 11.1 Å². The van der Waals surface area contributed by atoms with E-state index in [1.165, 1.54) is 41.7 Å². The van der Waals surface area contributed by atoms with Crippen molar-refractivity contribution in [3.05, 3.63) is 102 Å². The standard InChI is InChI=1S/C53H66N4O11Si/c1-11-21-66-50(60)55-32-37-25-36(35-17-15-34(13-3)16-18-35)31-54(37)47(58)38-26-43(62-7)45(28-40(38)55)64-23-14-24-65-46-29-41-39(27-44(46)63-8)48(59)56-33-53(19-20-53)30-42(56)49(57(41)51(61)67-22-12-2)68-69(9,10)52(4,5)6/h11-12,15-18,26-29,31,37,42,49H,1-2,13-14,19-25,30,32-33H2,3-10H3/t37-,42-,49?/m0/s1. The summed E-state index contributed by atoms with van der Waals surface area (Å²) in [5, 5.41) is -0.197. The Labute approximate surface area is 406 Å². The number of aryl methyl sites for hydroxylation is 1. The van der Waals surface area contributed by atoms with Crippen LogP contribution in [-0.4, -0.2) is 114 Å². The molecule has 1 unspecified atom stereocenters. The number of carbonyl (C=O) groups is 4. The van der Waals surface area contributed by atoms with E-state index in [9.17, 15) is 19.2 Å². The molecule has 1 spiro atoms. The molecule has 0 aromatic heterocycles. The van der Waals surface area contributed by atoms with Crippen LogP contribution in [0.25, 0.3) is 5.57 Å². The van der Waals surface area contributed by atoms with E-state index in [0.29, 0.717) is 60.2 Å². The van der Waals surface area contributed by atoms with E-state index in [-0.39, 0.29) is 72.4 Å². The maximum atomic E-state index is 14.7. The van der Waals surface area contributed by atoms with Gasteiger partial charge >= 0.3 is 12.2 Å². The average Bonchev–Trinajstić information content (AvgIpc) is 3.84. The molecule has 1 saturated carbocycles. The van der Waals surface area contributed by atoms with Gasteiger partial charge in [-0.3, -0.25) is 14.5 Å². The highest BCUT2D eigenvalue weighted by molar-refractivity contribution is 6.74. The number of fused-ring (bicyclic) bond motifs is 4. The minimum atomic E-state index is -2.55. The lowest BCUT2D eigenvalue weighted by molar-refractivity contribution is 0.0528. The fourth-order valence-electron chi connectivity index (χ4n) is 9.45. The predicted octanol–water partition coefficient (Wildman–Crippen LogP) is 10.00. The lowest BCUT2D eigenvalue weighted by atomic mass is 10.0. The minimum Gasteiger partial charge on any atom is -0.493 e. The second-order valence-electron chi connectivity index (χ2n) is 20.1.